The molecule has 4 rings (SSSR count). The Morgan fingerprint density at radius 1 is 1.41 bits per heavy atom. The van der Waals surface area contributed by atoms with Crippen molar-refractivity contribution >= 4 is 68.8 Å². The first-order valence-corrected chi connectivity index (χ1v) is 12.4. The predicted octanol–water partition coefficient (Wildman–Crippen LogP) is 0.716. The third kappa shape index (κ3) is 4.41. The molecule has 15 heteroatoms. The number of Topliss-reactive ketones (excluding diaryl/α,β-unsaturated/α-hetero) is 1. The van der Waals surface area contributed by atoms with Gasteiger partial charge < -0.3 is 21.0 Å². The number of hydrogen-bond acceptors (Lipinski definition) is 12. The molecule has 0 aliphatic carbocycles. The van der Waals surface area contributed by atoms with E-state index >= 15 is 0 Å². The molecule has 2 atom stereocenters. The number of carbonyl (C=O) groups excluding carboxylic acids is 3. The van der Waals surface area contributed by atoms with Crippen LogP contribution in [0.5, 0.6) is 0 Å². The molecule has 1 fully saturated rings. The van der Waals surface area contributed by atoms with E-state index in [1.807, 2.05) is 0 Å². The number of amides is 2. The highest BCUT2D eigenvalue weighted by Crippen LogP contribution is 2.41. The van der Waals surface area contributed by atoms with Crippen LogP contribution < -0.4 is 11.1 Å². The minimum absolute atomic E-state index is 0.116. The first-order valence-electron chi connectivity index (χ1n) is 9.70. The van der Waals surface area contributed by atoms with Crippen LogP contribution in [-0.2, 0) is 25.6 Å². The van der Waals surface area contributed by atoms with Gasteiger partial charge in [-0.05, 0) is 5.57 Å². The number of aliphatic carboxylic acids is 1. The zero-order chi connectivity index (χ0) is 24.6. The first-order chi connectivity index (χ1) is 16.2. The number of aromatic nitrogens is 2. The Balaban J connectivity index is 1.53. The van der Waals surface area contributed by atoms with E-state index in [0.29, 0.717) is 16.3 Å². The lowest BCUT2D eigenvalue weighted by atomic mass is 10.0. The maximum atomic E-state index is 12.9. The molecular weight excluding hydrogens is 504 g/mol. The quantitative estimate of drug-likeness (QED) is 0.194. The van der Waals surface area contributed by atoms with Crippen molar-refractivity contribution in [1.29, 1.82) is 0 Å². The standard InChI is InChI=1S/C19H18N6O6S3/c1-7(26)15-21-4-9(34-15)3-8-5-32-17-12(16(28)25(17)13(8)18(29)30)23-14(27)11(24-31-2)10-6-33-19(20)22-10/h4,6,12,17H,3,5H2,1-2H3,(H2,20,22)(H,23,27)(H,29,30)/b24-11-. The predicted molar refractivity (Wildman–Crippen MR) is 126 cm³/mol. The molecule has 2 aromatic rings. The molecule has 1 saturated heterocycles. The fourth-order valence-corrected chi connectivity index (χ4v) is 6.23. The van der Waals surface area contributed by atoms with Crippen LogP contribution >= 0.6 is 34.4 Å². The molecular formula is C19H18N6O6S3. The van der Waals surface area contributed by atoms with Crippen LogP contribution in [0.2, 0.25) is 0 Å². The van der Waals surface area contributed by atoms with E-state index in [-0.39, 0.29) is 34.4 Å². The number of thioether (sulfide) groups is 1. The zero-order valence-electron chi connectivity index (χ0n) is 17.8. The molecule has 4 heterocycles. The number of anilines is 1. The Labute approximate surface area is 204 Å². The second-order valence-corrected chi connectivity index (χ2v) is 10.3. The third-order valence-electron chi connectivity index (χ3n) is 4.94. The number of nitrogens with zero attached hydrogens (tertiary/aromatic N) is 4. The molecule has 12 nitrogen and oxygen atoms in total. The average Bonchev–Trinajstić information content (AvgIpc) is 3.44. The van der Waals surface area contributed by atoms with E-state index in [1.165, 1.54) is 53.6 Å². The number of β-lactam (4-membered cyclic amide) rings is 1. The highest BCUT2D eigenvalue weighted by molar-refractivity contribution is 8.00. The van der Waals surface area contributed by atoms with Crippen LogP contribution in [0.15, 0.2) is 28.0 Å². The molecule has 2 aliphatic heterocycles. The number of nitrogens with one attached hydrogen (secondary N) is 1. The largest absolute Gasteiger partial charge is 0.477 e. The van der Waals surface area contributed by atoms with Crippen LogP contribution in [0.3, 0.4) is 0 Å². The van der Waals surface area contributed by atoms with Gasteiger partial charge in [0, 0.05) is 35.6 Å². The molecule has 178 valence electrons. The van der Waals surface area contributed by atoms with Gasteiger partial charge in [-0.25, -0.2) is 14.8 Å². The Bertz CT molecular complexity index is 1250. The molecule has 2 aromatic heterocycles. The minimum Gasteiger partial charge on any atom is -0.477 e. The number of oxime groups is 1. The summed E-state index contributed by atoms with van der Waals surface area (Å²) in [5.41, 5.74) is 6.09. The van der Waals surface area contributed by atoms with Gasteiger partial charge in [0.1, 0.15) is 29.9 Å². The fraction of sp³-hybridized carbons (Fsp3) is 0.316. The van der Waals surface area contributed by atoms with Crippen LogP contribution in [0.25, 0.3) is 0 Å². The number of nitrogens with two attached hydrogens (primary N) is 1. The number of carbonyl (C=O) groups is 4. The second-order valence-electron chi connectivity index (χ2n) is 7.18. The minimum atomic E-state index is -1.24. The smallest absolute Gasteiger partial charge is 0.352 e. The molecule has 4 N–H and O–H groups in total. The topological polar surface area (TPSA) is 177 Å². The van der Waals surface area contributed by atoms with Gasteiger partial charge in [0.2, 0.25) is 0 Å². The first kappa shape index (κ1) is 23.8. The fourth-order valence-electron chi connectivity index (χ4n) is 3.48. The SMILES string of the molecule is CO/N=C(\C(=O)NC1C(=O)N2C(C(=O)O)=C(Cc3cnc(C(C)=O)s3)CSC12)c1csc(N)n1. The summed E-state index contributed by atoms with van der Waals surface area (Å²) in [6.07, 6.45) is 1.79. The van der Waals surface area contributed by atoms with Gasteiger partial charge in [-0.1, -0.05) is 5.16 Å². The van der Waals surface area contributed by atoms with E-state index in [9.17, 15) is 24.3 Å². The number of fused-ring (bicyclic) bond motifs is 1. The molecule has 0 saturated carbocycles. The maximum absolute atomic E-state index is 12.9. The van der Waals surface area contributed by atoms with Crippen molar-refractivity contribution in [3.8, 4) is 0 Å². The van der Waals surface area contributed by atoms with Crippen molar-refractivity contribution in [1.82, 2.24) is 20.2 Å². The van der Waals surface area contributed by atoms with Crippen LogP contribution in [0.1, 0.15) is 27.3 Å². The van der Waals surface area contributed by atoms with Gasteiger partial charge in [-0.15, -0.1) is 34.4 Å². The number of ketones is 1. The van der Waals surface area contributed by atoms with Gasteiger partial charge >= 0.3 is 5.97 Å². The third-order valence-corrected chi connectivity index (χ3v) is 8.05. The summed E-state index contributed by atoms with van der Waals surface area (Å²) in [6.45, 7) is 1.41. The van der Waals surface area contributed by atoms with E-state index in [0.717, 1.165) is 16.2 Å². The highest BCUT2D eigenvalue weighted by Gasteiger charge is 2.54. The summed E-state index contributed by atoms with van der Waals surface area (Å²) in [5.74, 6) is -2.33. The van der Waals surface area contributed by atoms with Crippen molar-refractivity contribution in [3.05, 3.63) is 38.4 Å². The number of carboxylic acids is 1. The average molecular weight is 523 g/mol. The van der Waals surface area contributed by atoms with Crippen LogP contribution in [0, 0.1) is 0 Å². The van der Waals surface area contributed by atoms with Gasteiger partial charge in [-0.2, -0.15) is 0 Å². The molecule has 0 radical (unpaired) electrons. The Morgan fingerprint density at radius 2 is 2.18 bits per heavy atom. The highest BCUT2D eigenvalue weighted by atomic mass is 32.2. The number of thiazole rings is 2. The van der Waals surface area contributed by atoms with Gasteiger partial charge in [0.15, 0.2) is 21.6 Å². The number of hydrogen-bond donors (Lipinski definition) is 3. The van der Waals surface area contributed by atoms with Crippen molar-refractivity contribution in [2.75, 3.05) is 18.6 Å². The number of rotatable bonds is 8. The van der Waals surface area contributed by atoms with Crippen LogP contribution in [-0.4, -0.2) is 73.5 Å². The van der Waals surface area contributed by atoms with E-state index in [4.69, 9.17) is 10.6 Å². The maximum Gasteiger partial charge on any atom is 0.352 e. The molecule has 2 unspecified atom stereocenters. The number of nitrogen functional groups attached to an aromatic ring is 1. The molecule has 0 aromatic carbocycles. The number of carboxylic acid groups (broad SMARTS) is 1. The molecule has 2 amide bonds. The van der Waals surface area contributed by atoms with Crippen LogP contribution in [0.4, 0.5) is 5.13 Å². The summed E-state index contributed by atoms with van der Waals surface area (Å²) in [5, 5.41) is 17.6. The molecule has 2 aliphatic rings. The summed E-state index contributed by atoms with van der Waals surface area (Å²) in [6, 6.07) is -0.945. The summed E-state index contributed by atoms with van der Waals surface area (Å²) < 4.78 is 0. The van der Waals surface area contributed by atoms with Crippen molar-refractivity contribution < 1.29 is 29.1 Å². The molecule has 34 heavy (non-hydrogen) atoms. The molecule has 0 spiro atoms. The van der Waals surface area contributed by atoms with Gasteiger partial charge in [0.25, 0.3) is 11.8 Å². The summed E-state index contributed by atoms with van der Waals surface area (Å²) in [7, 11) is 1.27. The lowest BCUT2D eigenvalue weighted by Crippen LogP contribution is -2.71. The van der Waals surface area contributed by atoms with E-state index in [2.05, 4.69) is 20.4 Å². The van der Waals surface area contributed by atoms with Crippen molar-refractivity contribution in [2.24, 2.45) is 5.16 Å². The Hall–Kier alpha value is -3.30. The Kier molecular flexibility index (Phi) is 6.67. The normalized spacial score (nSPS) is 20.0. The van der Waals surface area contributed by atoms with Crippen molar-refractivity contribution in [3.63, 3.8) is 0 Å². The Morgan fingerprint density at radius 3 is 2.76 bits per heavy atom. The van der Waals surface area contributed by atoms with Gasteiger partial charge in [-0.3, -0.25) is 19.3 Å². The van der Waals surface area contributed by atoms with Gasteiger partial charge in [0.05, 0.1) is 0 Å². The van der Waals surface area contributed by atoms with Crippen molar-refractivity contribution in [2.45, 2.75) is 24.8 Å². The monoisotopic (exact) mass is 522 g/mol. The lowest BCUT2D eigenvalue weighted by Gasteiger charge is -2.49. The second kappa shape index (κ2) is 9.52. The summed E-state index contributed by atoms with van der Waals surface area (Å²) in [4.78, 5) is 63.9. The lowest BCUT2D eigenvalue weighted by molar-refractivity contribution is -0.150. The molecule has 0 bridgehead atoms. The van der Waals surface area contributed by atoms with E-state index in [1.54, 1.807) is 0 Å². The van der Waals surface area contributed by atoms with E-state index < -0.39 is 29.2 Å². The zero-order valence-corrected chi connectivity index (χ0v) is 20.3. The summed E-state index contributed by atoms with van der Waals surface area (Å²) >= 11 is 3.64.